The van der Waals surface area contributed by atoms with Gasteiger partial charge in [0.1, 0.15) is 11.6 Å². The molecule has 0 radical (unpaired) electrons. The summed E-state index contributed by atoms with van der Waals surface area (Å²) in [7, 11) is 0. The molecule has 1 atom stereocenters. The Morgan fingerprint density at radius 2 is 1.84 bits per heavy atom. The topological polar surface area (TPSA) is 80.0 Å². The normalized spacial score (nSPS) is 25.1. The molecule has 1 aromatic carbocycles. The number of hydrogen-bond acceptors (Lipinski definition) is 4. The quantitative estimate of drug-likeness (QED) is 0.748. The fraction of sp³-hybridized carbons (Fsp3) is 0.529. The first-order valence-corrected chi connectivity index (χ1v) is 8.68. The highest BCUT2D eigenvalue weighted by molar-refractivity contribution is 6.30. The Balaban J connectivity index is 1.35. The second-order valence-electron chi connectivity index (χ2n) is 6.31. The summed E-state index contributed by atoms with van der Waals surface area (Å²) in [4.78, 5) is 23.6. The fourth-order valence-corrected chi connectivity index (χ4v) is 2.98. The lowest BCUT2D eigenvalue weighted by molar-refractivity contribution is -0.125. The molecule has 2 amide bonds. The van der Waals surface area contributed by atoms with Gasteiger partial charge in [-0.1, -0.05) is 11.6 Å². The number of benzene rings is 1. The van der Waals surface area contributed by atoms with E-state index in [-0.39, 0.29) is 47.4 Å². The van der Waals surface area contributed by atoms with Crippen LogP contribution in [0.3, 0.4) is 0 Å². The van der Waals surface area contributed by atoms with Crippen LogP contribution in [-0.4, -0.2) is 43.2 Å². The van der Waals surface area contributed by atoms with Crippen LogP contribution in [0.1, 0.15) is 25.7 Å². The van der Waals surface area contributed by atoms with Crippen molar-refractivity contribution in [2.24, 2.45) is 0 Å². The zero-order valence-electron chi connectivity index (χ0n) is 13.6. The van der Waals surface area contributed by atoms with Gasteiger partial charge in [-0.05, 0) is 37.8 Å². The molecule has 1 aliphatic carbocycles. The molecule has 1 saturated heterocycles. The van der Waals surface area contributed by atoms with E-state index in [0.29, 0.717) is 6.61 Å². The molecule has 0 spiro atoms. The molecular formula is C17H20ClFN2O4. The van der Waals surface area contributed by atoms with Gasteiger partial charge in [-0.25, -0.2) is 4.39 Å². The Kier molecular flexibility index (Phi) is 5.75. The third-order valence-electron chi connectivity index (χ3n) is 4.33. The molecule has 0 bridgehead atoms. The molecule has 3 rings (SSSR count). The molecule has 1 heterocycles. The highest BCUT2D eigenvalue weighted by Crippen LogP contribution is 2.21. The van der Waals surface area contributed by atoms with E-state index < -0.39 is 5.82 Å². The molecular weight excluding hydrogens is 351 g/mol. The van der Waals surface area contributed by atoms with Crippen molar-refractivity contribution < 1.29 is 23.5 Å². The largest absolute Gasteiger partial charge is 0.484 e. The highest BCUT2D eigenvalue weighted by atomic mass is 35.5. The van der Waals surface area contributed by atoms with Crippen molar-refractivity contribution in [2.45, 2.75) is 43.9 Å². The van der Waals surface area contributed by atoms with E-state index in [4.69, 9.17) is 21.1 Å². The first kappa shape index (κ1) is 17.9. The summed E-state index contributed by atoms with van der Waals surface area (Å²) < 4.78 is 23.5. The molecule has 6 nitrogen and oxygen atoms in total. The van der Waals surface area contributed by atoms with Crippen LogP contribution < -0.4 is 15.4 Å². The van der Waals surface area contributed by atoms with E-state index >= 15 is 0 Å². The van der Waals surface area contributed by atoms with Crippen LogP contribution >= 0.6 is 11.6 Å². The zero-order chi connectivity index (χ0) is 17.8. The van der Waals surface area contributed by atoms with Crippen LogP contribution in [0.2, 0.25) is 5.02 Å². The van der Waals surface area contributed by atoms with E-state index in [1.54, 1.807) is 0 Å². The lowest BCUT2D eigenvalue weighted by Gasteiger charge is -2.29. The first-order chi connectivity index (χ1) is 12.0. The molecule has 2 N–H and O–H groups in total. The van der Waals surface area contributed by atoms with Gasteiger partial charge in [0.05, 0.1) is 11.6 Å². The average Bonchev–Trinajstić information content (AvgIpc) is 3.43. The number of carbonyl (C=O) groups excluding carboxylic acids is 2. The summed E-state index contributed by atoms with van der Waals surface area (Å²) in [6.07, 6.45) is 2.93. The van der Waals surface area contributed by atoms with Crippen molar-refractivity contribution in [1.29, 1.82) is 0 Å². The summed E-state index contributed by atoms with van der Waals surface area (Å²) in [6, 6.07) is 4.23. The minimum Gasteiger partial charge on any atom is -0.484 e. The van der Waals surface area contributed by atoms with Crippen LogP contribution in [0.5, 0.6) is 5.75 Å². The Labute approximate surface area is 150 Å². The van der Waals surface area contributed by atoms with Crippen molar-refractivity contribution in [1.82, 2.24) is 10.6 Å². The van der Waals surface area contributed by atoms with Gasteiger partial charge >= 0.3 is 0 Å². The van der Waals surface area contributed by atoms with Crippen molar-refractivity contribution >= 4 is 23.4 Å². The van der Waals surface area contributed by atoms with E-state index in [1.165, 1.54) is 12.1 Å². The molecule has 1 aliphatic heterocycles. The van der Waals surface area contributed by atoms with Crippen molar-refractivity contribution in [2.75, 3.05) is 13.2 Å². The summed E-state index contributed by atoms with van der Waals surface area (Å²) in [5.74, 6) is -0.632. The number of halogens is 2. The van der Waals surface area contributed by atoms with Crippen molar-refractivity contribution in [3.8, 4) is 5.75 Å². The number of hydrogen-bond donors (Lipinski definition) is 2. The second kappa shape index (κ2) is 8.01. The molecule has 2 aliphatic rings. The zero-order valence-corrected chi connectivity index (χ0v) is 14.4. The number of nitrogens with one attached hydrogen (secondary N) is 2. The lowest BCUT2D eigenvalue weighted by Crippen LogP contribution is -2.45. The van der Waals surface area contributed by atoms with Crippen LogP contribution in [0, 0.1) is 5.82 Å². The molecule has 0 aromatic heterocycles. The Hall–Kier alpha value is -1.86. The van der Waals surface area contributed by atoms with Crippen LogP contribution in [0.4, 0.5) is 4.39 Å². The van der Waals surface area contributed by atoms with Gasteiger partial charge in [-0.15, -0.1) is 0 Å². The third kappa shape index (κ3) is 5.31. The van der Waals surface area contributed by atoms with Crippen molar-refractivity contribution in [3.63, 3.8) is 0 Å². The molecule has 1 saturated carbocycles. The highest BCUT2D eigenvalue weighted by Gasteiger charge is 2.33. The van der Waals surface area contributed by atoms with Gasteiger partial charge in [0.25, 0.3) is 11.8 Å². The molecule has 8 heteroatoms. The number of rotatable bonds is 6. The van der Waals surface area contributed by atoms with E-state index in [9.17, 15) is 14.0 Å². The average molecular weight is 371 g/mol. The Bertz CT molecular complexity index is 646. The molecule has 0 unspecified atom stereocenters. The number of epoxide rings is 1. The number of amides is 2. The van der Waals surface area contributed by atoms with Gasteiger partial charge in [-0.2, -0.15) is 0 Å². The van der Waals surface area contributed by atoms with Gasteiger partial charge in [0.15, 0.2) is 12.7 Å². The van der Waals surface area contributed by atoms with E-state index in [1.807, 2.05) is 0 Å². The van der Waals surface area contributed by atoms with Gasteiger partial charge in [0.2, 0.25) is 0 Å². The molecule has 2 fully saturated rings. The lowest BCUT2D eigenvalue weighted by atomic mass is 9.91. The molecule has 1 aromatic rings. The fourth-order valence-electron chi connectivity index (χ4n) is 2.86. The summed E-state index contributed by atoms with van der Waals surface area (Å²) in [6.45, 7) is 0.325. The predicted molar refractivity (Wildman–Crippen MR) is 89.0 cm³/mol. The maximum Gasteiger partial charge on any atom is 0.258 e. The summed E-state index contributed by atoms with van der Waals surface area (Å²) in [5, 5.41) is 5.87. The third-order valence-corrected chi connectivity index (χ3v) is 4.63. The molecule has 136 valence electrons. The Morgan fingerprint density at radius 1 is 1.20 bits per heavy atom. The summed E-state index contributed by atoms with van der Waals surface area (Å²) >= 11 is 5.59. The number of ether oxygens (including phenoxy) is 2. The van der Waals surface area contributed by atoms with Gasteiger partial charge in [0, 0.05) is 18.2 Å². The standard InChI is InChI=1S/C17H20ClFN2O4/c18-13-6-5-12(7-14(13)19)24-9-16(22)20-10-1-3-11(4-2-10)21-17(23)15-8-25-15/h5-7,10-11,15H,1-4,8-9H2,(H,20,22)(H,21,23)/t10?,11?,15-/m0/s1. The maximum atomic E-state index is 13.3. The minimum atomic E-state index is -0.587. The second-order valence-corrected chi connectivity index (χ2v) is 6.72. The maximum absolute atomic E-state index is 13.3. The van der Waals surface area contributed by atoms with Crippen LogP contribution in [0.25, 0.3) is 0 Å². The number of carbonyl (C=O) groups is 2. The van der Waals surface area contributed by atoms with E-state index in [2.05, 4.69) is 10.6 Å². The minimum absolute atomic E-state index is 0.00824. The van der Waals surface area contributed by atoms with E-state index in [0.717, 1.165) is 31.7 Å². The predicted octanol–water partition coefficient (Wildman–Crippen LogP) is 1.80. The van der Waals surface area contributed by atoms with Crippen LogP contribution in [0.15, 0.2) is 18.2 Å². The SMILES string of the molecule is O=C(COc1ccc(Cl)c(F)c1)NC1CCC(NC(=O)[C@@H]2CO2)CC1. The Morgan fingerprint density at radius 3 is 2.44 bits per heavy atom. The monoisotopic (exact) mass is 370 g/mol. The van der Waals surface area contributed by atoms with Gasteiger partial charge in [-0.3, -0.25) is 9.59 Å². The summed E-state index contributed by atoms with van der Waals surface area (Å²) in [5.41, 5.74) is 0. The first-order valence-electron chi connectivity index (χ1n) is 8.30. The van der Waals surface area contributed by atoms with Gasteiger partial charge < -0.3 is 20.1 Å². The smallest absolute Gasteiger partial charge is 0.258 e. The van der Waals surface area contributed by atoms with Crippen molar-refractivity contribution in [3.05, 3.63) is 29.0 Å². The molecule has 25 heavy (non-hydrogen) atoms. The van der Waals surface area contributed by atoms with Crippen LogP contribution in [-0.2, 0) is 14.3 Å².